The number of hydrogen-bond acceptors (Lipinski definition) is 2. The predicted octanol–water partition coefficient (Wildman–Crippen LogP) is 2.49. The van der Waals surface area contributed by atoms with Crippen LogP contribution in [0.25, 0.3) is 0 Å². The second kappa shape index (κ2) is 6.31. The normalized spacial score (nSPS) is 9.20. The van der Waals surface area contributed by atoms with Gasteiger partial charge in [-0.1, -0.05) is 24.0 Å². The molecule has 0 unspecified atom stereocenters. The van der Waals surface area contributed by atoms with Crippen molar-refractivity contribution in [2.45, 2.75) is 19.8 Å². The molecule has 1 nitrogen and oxygen atoms in total. The number of carbonyl (C=O) groups is 1. The number of carbonyl (C=O) groups excluding carboxylic acids is 1. The fraction of sp³-hybridized carbons (Fsp3) is 0.308. The Morgan fingerprint density at radius 1 is 1.47 bits per heavy atom. The van der Waals surface area contributed by atoms with Crippen LogP contribution in [-0.2, 0) is 11.2 Å². The van der Waals surface area contributed by atoms with Crippen molar-refractivity contribution in [3.05, 3.63) is 35.4 Å². The maximum Gasteiger partial charge on any atom is 0.134 e. The third-order valence-electron chi connectivity index (χ3n) is 1.85. The molecule has 1 aromatic carbocycles. The van der Waals surface area contributed by atoms with Gasteiger partial charge in [0.25, 0.3) is 0 Å². The lowest BCUT2D eigenvalue weighted by atomic mass is 10.1. The number of thiol groups is 1. The van der Waals surface area contributed by atoms with Crippen molar-refractivity contribution >= 4 is 18.4 Å². The van der Waals surface area contributed by atoms with Crippen molar-refractivity contribution in [3.8, 4) is 11.8 Å². The molecule has 0 N–H and O–H groups in total. The van der Waals surface area contributed by atoms with E-state index in [4.69, 9.17) is 0 Å². The second-order valence-corrected chi connectivity index (χ2v) is 3.80. The van der Waals surface area contributed by atoms with Gasteiger partial charge in [0.05, 0.1) is 0 Å². The van der Waals surface area contributed by atoms with E-state index in [1.807, 2.05) is 24.3 Å². The third kappa shape index (κ3) is 4.71. The van der Waals surface area contributed by atoms with Gasteiger partial charge in [0.15, 0.2) is 0 Å². The SMILES string of the molecule is CC(=O)Cc1cccc(C#CCCS)c1. The van der Waals surface area contributed by atoms with E-state index in [0.29, 0.717) is 6.42 Å². The molecule has 15 heavy (non-hydrogen) atoms. The third-order valence-corrected chi connectivity index (χ3v) is 2.07. The summed E-state index contributed by atoms with van der Waals surface area (Å²) in [5.41, 5.74) is 2.00. The molecule has 0 saturated heterocycles. The number of ketones is 1. The molecular formula is C13H14OS. The minimum Gasteiger partial charge on any atom is -0.300 e. The van der Waals surface area contributed by atoms with Crippen LogP contribution in [0.1, 0.15) is 24.5 Å². The summed E-state index contributed by atoms with van der Waals surface area (Å²) in [6.45, 7) is 1.60. The smallest absolute Gasteiger partial charge is 0.134 e. The van der Waals surface area contributed by atoms with Gasteiger partial charge in [-0.3, -0.25) is 4.79 Å². The van der Waals surface area contributed by atoms with Crippen molar-refractivity contribution in [3.63, 3.8) is 0 Å². The monoisotopic (exact) mass is 218 g/mol. The van der Waals surface area contributed by atoms with Gasteiger partial charge in [0.2, 0.25) is 0 Å². The van der Waals surface area contributed by atoms with Gasteiger partial charge in [-0.2, -0.15) is 12.6 Å². The van der Waals surface area contributed by atoms with E-state index in [1.165, 1.54) is 0 Å². The molecule has 0 amide bonds. The second-order valence-electron chi connectivity index (χ2n) is 3.35. The van der Waals surface area contributed by atoms with E-state index in [0.717, 1.165) is 23.3 Å². The van der Waals surface area contributed by atoms with Crippen LogP contribution in [0.5, 0.6) is 0 Å². The summed E-state index contributed by atoms with van der Waals surface area (Å²) < 4.78 is 0. The highest BCUT2D eigenvalue weighted by Gasteiger charge is 1.97. The highest BCUT2D eigenvalue weighted by molar-refractivity contribution is 7.80. The number of benzene rings is 1. The topological polar surface area (TPSA) is 17.1 Å². The summed E-state index contributed by atoms with van der Waals surface area (Å²) in [7, 11) is 0. The van der Waals surface area contributed by atoms with Crippen molar-refractivity contribution in [2.75, 3.05) is 5.75 Å². The van der Waals surface area contributed by atoms with Crippen LogP contribution >= 0.6 is 12.6 Å². The molecular weight excluding hydrogens is 204 g/mol. The van der Waals surface area contributed by atoms with E-state index in [1.54, 1.807) is 6.92 Å². The van der Waals surface area contributed by atoms with Gasteiger partial charge in [0.1, 0.15) is 5.78 Å². The van der Waals surface area contributed by atoms with Gasteiger partial charge in [-0.25, -0.2) is 0 Å². The summed E-state index contributed by atoms with van der Waals surface area (Å²) in [5, 5.41) is 0. The van der Waals surface area contributed by atoms with Crippen molar-refractivity contribution in [1.29, 1.82) is 0 Å². The molecule has 0 spiro atoms. The van der Waals surface area contributed by atoms with Crippen molar-refractivity contribution in [1.82, 2.24) is 0 Å². The minimum absolute atomic E-state index is 0.176. The van der Waals surface area contributed by atoms with Gasteiger partial charge in [-0.05, 0) is 24.6 Å². The summed E-state index contributed by atoms with van der Waals surface area (Å²) >= 11 is 4.09. The summed E-state index contributed by atoms with van der Waals surface area (Å²) in [6, 6.07) is 7.80. The standard InChI is InChI=1S/C13H14OS/c1-11(14)9-13-7-4-6-12(10-13)5-2-3-8-15/h4,6-7,10,15H,3,8-9H2,1H3. The lowest BCUT2D eigenvalue weighted by Crippen LogP contribution is -1.96. The first kappa shape index (κ1) is 11.9. The predicted molar refractivity (Wildman–Crippen MR) is 66.2 cm³/mol. The Labute approximate surface area is 96.3 Å². The highest BCUT2D eigenvalue weighted by Crippen LogP contribution is 2.05. The molecule has 78 valence electrons. The fourth-order valence-corrected chi connectivity index (χ4v) is 1.38. The van der Waals surface area contributed by atoms with Crippen LogP contribution in [0.4, 0.5) is 0 Å². The van der Waals surface area contributed by atoms with E-state index in [9.17, 15) is 4.79 Å². The molecule has 0 saturated carbocycles. The molecule has 0 aromatic heterocycles. The molecule has 0 bridgehead atoms. The van der Waals surface area contributed by atoms with E-state index in [-0.39, 0.29) is 5.78 Å². The summed E-state index contributed by atoms with van der Waals surface area (Å²) in [5.74, 6) is 7.02. The molecule has 0 heterocycles. The summed E-state index contributed by atoms with van der Waals surface area (Å²) in [4.78, 5) is 10.9. The molecule has 0 fully saturated rings. The van der Waals surface area contributed by atoms with E-state index in [2.05, 4.69) is 24.5 Å². The zero-order valence-electron chi connectivity index (χ0n) is 8.79. The Morgan fingerprint density at radius 2 is 2.27 bits per heavy atom. The van der Waals surface area contributed by atoms with Crippen LogP contribution in [-0.4, -0.2) is 11.5 Å². The van der Waals surface area contributed by atoms with Gasteiger partial charge < -0.3 is 0 Å². The molecule has 0 aliphatic heterocycles. The average molecular weight is 218 g/mol. The highest BCUT2D eigenvalue weighted by atomic mass is 32.1. The molecule has 1 rings (SSSR count). The van der Waals surface area contributed by atoms with E-state index >= 15 is 0 Å². The first-order chi connectivity index (χ1) is 7.22. The Bertz CT molecular complexity index is 398. The molecule has 1 aromatic rings. The molecule has 0 radical (unpaired) electrons. The zero-order chi connectivity index (χ0) is 11.1. The number of hydrogen-bond donors (Lipinski definition) is 1. The Morgan fingerprint density at radius 3 is 2.93 bits per heavy atom. The number of Topliss-reactive ketones (excluding diaryl/α,β-unsaturated/α-hetero) is 1. The first-order valence-electron chi connectivity index (χ1n) is 4.90. The molecule has 0 aliphatic rings. The molecule has 0 atom stereocenters. The Kier molecular flexibility index (Phi) is 5.00. The van der Waals surface area contributed by atoms with Gasteiger partial charge >= 0.3 is 0 Å². The molecule has 2 heteroatoms. The largest absolute Gasteiger partial charge is 0.300 e. The van der Waals surface area contributed by atoms with E-state index < -0.39 is 0 Å². The van der Waals surface area contributed by atoms with Crippen LogP contribution in [0.2, 0.25) is 0 Å². The van der Waals surface area contributed by atoms with Crippen LogP contribution < -0.4 is 0 Å². The van der Waals surface area contributed by atoms with Crippen molar-refractivity contribution in [2.24, 2.45) is 0 Å². The molecule has 0 aliphatic carbocycles. The minimum atomic E-state index is 0.176. The Hall–Kier alpha value is -1.20. The lowest BCUT2D eigenvalue weighted by molar-refractivity contribution is -0.116. The van der Waals surface area contributed by atoms with Crippen molar-refractivity contribution < 1.29 is 4.79 Å². The Balaban J connectivity index is 2.75. The fourth-order valence-electron chi connectivity index (χ4n) is 1.27. The maximum atomic E-state index is 10.9. The number of rotatable bonds is 3. The van der Waals surface area contributed by atoms with Crippen LogP contribution in [0.15, 0.2) is 24.3 Å². The van der Waals surface area contributed by atoms with Gasteiger partial charge in [-0.15, -0.1) is 0 Å². The first-order valence-corrected chi connectivity index (χ1v) is 5.53. The lowest BCUT2D eigenvalue weighted by Gasteiger charge is -1.97. The zero-order valence-corrected chi connectivity index (χ0v) is 9.68. The quantitative estimate of drug-likeness (QED) is 0.609. The van der Waals surface area contributed by atoms with Crippen LogP contribution in [0, 0.1) is 11.8 Å². The maximum absolute atomic E-state index is 10.9. The average Bonchev–Trinajstić information content (AvgIpc) is 2.18. The van der Waals surface area contributed by atoms with Gasteiger partial charge in [0, 0.05) is 24.2 Å². The van der Waals surface area contributed by atoms with Crippen LogP contribution in [0.3, 0.4) is 0 Å². The summed E-state index contributed by atoms with van der Waals surface area (Å²) in [6.07, 6.45) is 1.28.